The predicted octanol–water partition coefficient (Wildman–Crippen LogP) is 22.5. The van der Waals surface area contributed by atoms with Gasteiger partial charge in [0.1, 0.15) is 24.4 Å². The van der Waals surface area contributed by atoms with Gasteiger partial charge in [0.15, 0.2) is 6.29 Å². The summed E-state index contributed by atoms with van der Waals surface area (Å²) in [6.07, 6.45) is 87.2. The zero-order valence-electron chi connectivity index (χ0n) is 59.2. The fraction of sp³-hybridized carbons (Fsp3) is 0.912. The molecule has 1 fully saturated rings. The predicted molar refractivity (Wildman–Crippen MR) is 383 cm³/mol. The van der Waals surface area contributed by atoms with Crippen LogP contribution in [-0.4, -0.2) is 87.5 Å². The maximum absolute atomic E-state index is 13.2. The molecule has 7 atom stereocenters. The summed E-state index contributed by atoms with van der Waals surface area (Å²) >= 11 is 0. The van der Waals surface area contributed by atoms with E-state index in [2.05, 4.69) is 43.5 Å². The van der Waals surface area contributed by atoms with Crippen LogP contribution in [-0.2, 0) is 14.3 Å². The minimum absolute atomic E-state index is 0.167. The van der Waals surface area contributed by atoms with Crippen molar-refractivity contribution in [3.05, 3.63) is 36.5 Å². The quantitative estimate of drug-likeness (QED) is 0.0261. The summed E-state index contributed by atoms with van der Waals surface area (Å²) in [4.78, 5) is 13.2. The highest BCUT2D eigenvalue weighted by atomic mass is 16.7. The van der Waals surface area contributed by atoms with Crippen molar-refractivity contribution in [3.63, 3.8) is 0 Å². The van der Waals surface area contributed by atoms with Crippen molar-refractivity contribution in [1.82, 2.24) is 5.32 Å². The van der Waals surface area contributed by atoms with Gasteiger partial charge in [-0.05, 0) is 51.4 Å². The van der Waals surface area contributed by atoms with Crippen LogP contribution in [0.5, 0.6) is 0 Å². The van der Waals surface area contributed by atoms with E-state index in [1.165, 1.54) is 347 Å². The highest BCUT2D eigenvalue weighted by Gasteiger charge is 2.44. The molecule has 6 N–H and O–H groups in total. The number of nitrogens with one attached hydrogen (secondary N) is 1. The third-order valence-electron chi connectivity index (χ3n) is 19.2. The number of carbonyl (C=O) groups excluding carboxylic acids is 1. The Morgan fingerprint density at radius 1 is 0.382 bits per heavy atom. The maximum atomic E-state index is 13.2. The van der Waals surface area contributed by atoms with Crippen LogP contribution in [0.1, 0.15) is 412 Å². The highest BCUT2D eigenvalue weighted by Crippen LogP contribution is 2.24. The van der Waals surface area contributed by atoms with Crippen LogP contribution in [0, 0.1) is 0 Å². The summed E-state index contributed by atoms with van der Waals surface area (Å²) < 4.78 is 11.3. The average Bonchev–Trinajstić information content (AvgIpc) is 2.28. The molecule has 0 aromatic rings. The first-order chi connectivity index (χ1) is 43.8. The molecule has 526 valence electrons. The van der Waals surface area contributed by atoms with Crippen LogP contribution in [0.15, 0.2) is 36.5 Å². The number of hydrogen-bond acceptors (Lipinski definition) is 8. The minimum atomic E-state index is -1.57. The van der Waals surface area contributed by atoms with Gasteiger partial charge in [0.05, 0.1) is 25.4 Å². The molecule has 0 spiro atoms. The Bertz CT molecular complexity index is 1500. The molecular weight excluding hydrogens is 1100 g/mol. The number of aliphatic hydroxyl groups excluding tert-OH is 5. The van der Waals surface area contributed by atoms with E-state index in [0.29, 0.717) is 6.42 Å². The summed E-state index contributed by atoms with van der Waals surface area (Å²) in [5, 5.41) is 54.9. The lowest BCUT2D eigenvalue weighted by Crippen LogP contribution is -2.60. The van der Waals surface area contributed by atoms with Gasteiger partial charge in [-0.1, -0.05) is 391 Å². The first-order valence-electron chi connectivity index (χ1n) is 39.7. The van der Waals surface area contributed by atoms with Gasteiger partial charge in [0, 0.05) is 6.42 Å². The molecule has 0 saturated carbocycles. The van der Waals surface area contributed by atoms with Crippen molar-refractivity contribution < 1.29 is 39.8 Å². The van der Waals surface area contributed by atoms with Gasteiger partial charge in [-0.25, -0.2) is 0 Å². The number of rotatable bonds is 71. The number of unbranched alkanes of at least 4 members (excludes halogenated alkanes) is 57. The third kappa shape index (κ3) is 57.6. The third-order valence-corrected chi connectivity index (χ3v) is 19.2. The Balaban J connectivity index is 2.06. The van der Waals surface area contributed by atoms with Crippen LogP contribution in [0.2, 0.25) is 0 Å². The van der Waals surface area contributed by atoms with E-state index < -0.39 is 49.5 Å². The van der Waals surface area contributed by atoms with Crippen LogP contribution in [0.3, 0.4) is 0 Å². The highest BCUT2D eigenvalue weighted by molar-refractivity contribution is 5.76. The van der Waals surface area contributed by atoms with Crippen molar-refractivity contribution in [2.45, 2.75) is 455 Å². The van der Waals surface area contributed by atoms with E-state index in [1.54, 1.807) is 6.08 Å². The van der Waals surface area contributed by atoms with Gasteiger partial charge in [-0.2, -0.15) is 0 Å². The zero-order chi connectivity index (χ0) is 64.2. The van der Waals surface area contributed by atoms with E-state index in [4.69, 9.17) is 9.47 Å². The molecular formula is C80H153NO8. The molecule has 0 aromatic heterocycles. The molecule has 89 heavy (non-hydrogen) atoms. The fourth-order valence-electron chi connectivity index (χ4n) is 13.0. The van der Waals surface area contributed by atoms with Crippen molar-refractivity contribution in [2.75, 3.05) is 13.2 Å². The molecule has 7 unspecified atom stereocenters. The molecule has 9 nitrogen and oxygen atoms in total. The lowest BCUT2D eigenvalue weighted by molar-refractivity contribution is -0.302. The Morgan fingerprint density at radius 3 is 0.966 bits per heavy atom. The van der Waals surface area contributed by atoms with E-state index in [0.717, 1.165) is 44.9 Å². The topological polar surface area (TPSA) is 149 Å². The summed E-state index contributed by atoms with van der Waals surface area (Å²) in [6.45, 7) is 3.83. The van der Waals surface area contributed by atoms with E-state index in [9.17, 15) is 30.3 Å². The van der Waals surface area contributed by atoms with E-state index in [-0.39, 0.29) is 12.5 Å². The SMILES string of the molecule is CCCCCCC/C=C\C/C=C\CCCCCCCCCCCCCCCCCCCCCCCCCCCC(=O)NC(COC1OC(CO)C(O)C(O)C1O)C(O)/C=C/CCCCCCCCCCCCCCCCCCCCCCCCCCCCC. The standard InChI is InChI=1S/C80H153NO8/c1-3-5-7-9-11-13-15-17-19-21-23-25-27-29-31-33-34-35-36-37-38-39-40-42-44-46-48-50-52-54-56-58-60-62-64-66-68-70-76(84)81-73(72-88-80-79(87)78(86)77(85)75(71-82)89-80)74(83)69-67-65-63-61-59-57-55-53-51-49-47-45-43-41-32-30-28-26-24-22-20-18-16-14-12-10-8-6-4-2/h15,17,21,23,67,69,73-75,77-80,82-83,85-87H,3-14,16,18-20,22,24-66,68,70-72H2,1-2H3,(H,81,84)/b17-15-,23-21-,69-67+. The summed E-state index contributed by atoms with van der Waals surface area (Å²) in [6, 6.07) is -0.805. The molecule has 1 aliphatic heterocycles. The minimum Gasteiger partial charge on any atom is -0.394 e. The second kappa shape index (κ2) is 69.2. The first kappa shape index (κ1) is 85.4. The van der Waals surface area contributed by atoms with Gasteiger partial charge in [-0.3, -0.25) is 4.79 Å². The molecule has 9 heteroatoms. The van der Waals surface area contributed by atoms with Crippen molar-refractivity contribution in [2.24, 2.45) is 0 Å². The van der Waals surface area contributed by atoms with Crippen LogP contribution >= 0.6 is 0 Å². The van der Waals surface area contributed by atoms with Gasteiger partial charge in [0.25, 0.3) is 0 Å². The van der Waals surface area contributed by atoms with Gasteiger partial charge < -0.3 is 40.3 Å². The summed E-state index contributed by atoms with van der Waals surface area (Å²) in [5.74, 6) is -0.167. The molecule has 1 amide bonds. The normalized spacial score (nSPS) is 17.9. The second-order valence-electron chi connectivity index (χ2n) is 27.9. The largest absolute Gasteiger partial charge is 0.394 e. The van der Waals surface area contributed by atoms with Crippen LogP contribution in [0.4, 0.5) is 0 Å². The van der Waals surface area contributed by atoms with Crippen molar-refractivity contribution >= 4 is 5.91 Å². The Kier molecular flexibility index (Phi) is 66.5. The Hall–Kier alpha value is -1.59. The van der Waals surface area contributed by atoms with E-state index in [1.807, 2.05) is 6.08 Å². The number of carbonyl (C=O) groups is 1. The zero-order valence-corrected chi connectivity index (χ0v) is 59.2. The average molecular weight is 1260 g/mol. The smallest absolute Gasteiger partial charge is 0.220 e. The van der Waals surface area contributed by atoms with Gasteiger partial charge >= 0.3 is 0 Å². The molecule has 1 saturated heterocycles. The molecule has 0 aromatic carbocycles. The molecule has 1 heterocycles. The fourth-order valence-corrected chi connectivity index (χ4v) is 13.0. The lowest BCUT2D eigenvalue weighted by atomic mass is 9.99. The molecule has 0 bridgehead atoms. The Morgan fingerprint density at radius 2 is 0.663 bits per heavy atom. The van der Waals surface area contributed by atoms with Gasteiger partial charge in [0.2, 0.25) is 5.91 Å². The monoisotopic (exact) mass is 1260 g/mol. The molecule has 0 radical (unpaired) electrons. The lowest BCUT2D eigenvalue weighted by Gasteiger charge is -2.40. The summed E-state index contributed by atoms with van der Waals surface area (Å²) in [7, 11) is 0. The first-order valence-corrected chi connectivity index (χ1v) is 39.7. The summed E-state index contributed by atoms with van der Waals surface area (Å²) in [5.41, 5.74) is 0. The van der Waals surface area contributed by atoms with Crippen LogP contribution in [0.25, 0.3) is 0 Å². The number of allylic oxidation sites excluding steroid dienone is 5. The second-order valence-corrected chi connectivity index (χ2v) is 27.9. The number of amides is 1. The molecule has 1 aliphatic rings. The molecule has 0 aliphatic carbocycles. The maximum Gasteiger partial charge on any atom is 0.220 e. The van der Waals surface area contributed by atoms with E-state index >= 15 is 0 Å². The molecule has 1 rings (SSSR count). The number of ether oxygens (including phenoxy) is 2. The van der Waals surface area contributed by atoms with Crippen molar-refractivity contribution in [3.8, 4) is 0 Å². The number of hydrogen-bond donors (Lipinski definition) is 6. The van der Waals surface area contributed by atoms with Gasteiger partial charge in [-0.15, -0.1) is 0 Å². The van der Waals surface area contributed by atoms with Crippen LogP contribution < -0.4 is 5.32 Å². The Labute approximate surface area is 552 Å². The number of aliphatic hydroxyl groups is 5. The van der Waals surface area contributed by atoms with Crippen molar-refractivity contribution in [1.29, 1.82) is 0 Å².